The SMILES string of the molecule is C=CC(=C)Cn1c2c(c3ccccc31)C[C@H]1[C@@H]2[C@H](C=C)C[C@@H]1C=C. The van der Waals surface area contributed by atoms with E-state index in [0.717, 1.165) is 18.5 Å². The zero-order valence-electron chi connectivity index (χ0n) is 14.2. The Morgan fingerprint density at radius 3 is 2.58 bits per heavy atom. The molecule has 1 heterocycles. The number of hydrogen-bond donors (Lipinski definition) is 0. The summed E-state index contributed by atoms with van der Waals surface area (Å²) in [5, 5.41) is 1.41. The molecule has 0 N–H and O–H groups in total. The molecule has 1 saturated carbocycles. The van der Waals surface area contributed by atoms with Crippen LogP contribution in [0.25, 0.3) is 10.9 Å². The molecular formula is C23H25N. The molecule has 1 heteroatoms. The van der Waals surface area contributed by atoms with Crippen LogP contribution in [0.4, 0.5) is 0 Å². The van der Waals surface area contributed by atoms with Gasteiger partial charge >= 0.3 is 0 Å². The third kappa shape index (κ3) is 2.00. The molecule has 0 spiro atoms. The van der Waals surface area contributed by atoms with Crippen molar-refractivity contribution < 1.29 is 0 Å². The van der Waals surface area contributed by atoms with Crippen LogP contribution >= 0.6 is 0 Å². The lowest BCUT2D eigenvalue weighted by molar-refractivity contribution is 0.431. The lowest BCUT2D eigenvalue weighted by Crippen LogP contribution is -2.14. The van der Waals surface area contributed by atoms with Crippen LogP contribution in [0, 0.1) is 17.8 Å². The van der Waals surface area contributed by atoms with E-state index in [0.29, 0.717) is 23.7 Å². The average molecular weight is 315 g/mol. The Kier molecular flexibility index (Phi) is 3.60. The Hall–Kier alpha value is -2.28. The molecular weight excluding hydrogens is 290 g/mol. The van der Waals surface area contributed by atoms with E-state index in [9.17, 15) is 0 Å². The highest BCUT2D eigenvalue weighted by Crippen LogP contribution is 2.57. The van der Waals surface area contributed by atoms with E-state index in [1.54, 1.807) is 0 Å². The fraction of sp³-hybridized carbons (Fsp3) is 0.304. The largest absolute Gasteiger partial charge is 0.340 e. The molecule has 4 atom stereocenters. The summed E-state index contributed by atoms with van der Waals surface area (Å²) >= 11 is 0. The van der Waals surface area contributed by atoms with Crippen LogP contribution in [0.3, 0.4) is 0 Å². The molecule has 122 valence electrons. The fourth-order valence-corrected chi connectivity index (χ4v) is 5.08. The Morgan fingerprint density at radius 2 is 1.88 bits per heavy atom. The van der Waals surface area contributed by atoms with Crippen molar-refractivity contribution in [3.63, 3.8) is 0 Å². The minimum Gasteiger partial charge on any atom is -0.340 e. The van der Waals surface area contributed by atoms with Crippen LogP contribution in [0.15, 0.2) is 74.4 Å². The summed E-state index contributed by atoms with van der Waals surface area (Å²) in [5.41, 5.74) is 5.44. The average Bonchev–Trinajstić information content (AvgIpc) is 3.24. The molecule has 0 amide bonds. The maximum atomic E-state index is 4.16. The second kappa shape index (κ2) is 5.66. The summed E-state index contributed by atoms with van der Waals surface area (Å²) in [5.74, 6) is 2.37. The molecule has 2 aliphatic carbocycles. The van der Waals surface area contributed by atoms with Gasteiger partial charge in [0, 0.05) is 29.1 Å². The number of aromatic nitrogens is 1. The number of benzene rings is 1. The summed E-state index contributed by atoms with van der Waals surface area (Å²) in [4.78, 5) is 0. The van der Waals surface area contributed by atoms with Crippen molar-refractivity contribution in [2.24, 2.45) is 17.8 Å². The highest BCUT2D eigenvalue weighted by atomic mass is 15.0. The number of nitrogens with zero attached hydrogens (tertiary/aromatic N) is 1. The number of fused-ring (bicyclic) bond motifs is 5. The van der Waals surface area contributed by atoms with Gasteiger partial charge in [-0.1, -0.05) is 49.6 Å². The standard InChI is InChI=1S/C23H25N/c1-5-15(4)14-24-21-11-9-8-10-18(21)20-13-19-16(6-2)12-17(7-3)22(19)23(20)24/h5-11,16-17,19,22H,1-4,12-14H2/t16-,17+,19+,22-/m0/s1. The maximum absolute atomic E-state index is 4.16. The normalized spacial score (nSPS) is 27.7. The van der Waals surface area contributed by atoms with Gasteiger partial charge in [-0.25, -0.2) is 0 Å². The van der Waals surface area contributed by atoms with Gasteiger partial charge in [0.05, 0.1) is 0 Å². The first-order valence-electron chi connectivity index (χ1n) is 8.84. The molecule has 24 heavy (non-hydrogen) atoms. The van der Waals surface area contributed by atoms with Gasteiger partial charge in [-0.3, -0.25) is 0 Å². The van der Waals surface area contributed by atoms with Crippen molar-refractivity contribution in [2.75, 3.05) is 0 Å². The van der Waals surface area contributed by atoms with Gasteiger partial charge in [-0.15, -0.1) is 13.2 Å². The van der Waals surface area contributed by atoms with Gasteiger partial charge in [0.2, 0.25) is 0 Å². The van der Waals surface area contributed by atoms with Gasteiger partial charge in [-0.05, 0) is 47.8 Å². The predicted octanol–water partition coefficient (Wildman–Crippen LogP) is 5.65. The molecule has 1 aromatic heterocycles. The third-order valence-electron chi connectivity index (χ3n) is 6.15. The quantitative estimate of drug-likeness (QED) is 0.496. The molecule has 0 bridgehead atoms. The molecule has 1 aromatic carbocycles. The summed E-state index contributed by atoms with van der Waals surface area (Å²) in [7, 11) is 0. The van der Waals surface area contributed by atoms with Crippen molar-refractivity contribution in [3.05, 3.63) is 85.6 Å². The number of hydrogen-bond acceptors (Lipinski definition) is 0. The Balaban J connectivity index is 1.93. The Bertz CT molecular complexity index is 850. The summed E-state index contributed by atoms with van der Waals surface area (Å²) < 4.78 is 2.49. The minimum atomic E-state index is 0.541. The molecule has 4 rings (SSSR count). The molecule has 1 fully saturated rings. The maximum Gasteiger partial charge on any atom is 0.0488 e. The van der Waals surface area contributed by atoms with Gasteiger partial charge in [0.15, 0.2) is 0 Å². The molecule has 2 aliphatic rings. The van der Waals surface area contributed by atoms with Crippen molar-refractivity contribution in [1.29, 1.82) is 0 Å². The second-order valence-electron chi connectivity index (χ2n) is 7.26. The fourth-order valence-electron chi connectivity index (χ4n) is 5.08. The monoisotopic (exact) mass is 315 g/mol. The zero-order valence-corrected chi connectivity index (χ0v) is 14.2. The van der Waals surface area contributed by atoms with Crippen LogP contribution in [0.1, 0.15) is 23.6 Å². The summed E-state index contributed by atoms with van der Waals surface area (Å²) in [6.07, 6.45) is 8.56. The Labute approximate surface area is 144 Å². The minimum absolute atomic E-state index is 0.541. The first kappa shape index (κ1) is 15.3. The highest BCUT2D eigenvalue weighted by molar-refractivity contribution is 5.87. The van der Waals surface area contributed by atoms with Crippen molar-refractivity contribution in [1.82, 2.24) is 4.57 Å². The molecule has 0 unspecified atom stereocenters. The highest BCUT2D eigenvalue weighted by Gasteiger charge is 2.48. The summed E-state index contributed by atoms with van der Waals surface area (Å²) in [6.45, 7) is 17.1. The van der Waals surface area contributed by atoms with Gasteiger partial charge < -0.3 is 4.57 Å². The number of para-hydroxylation sites is 1. The molecule has 2 aromatic rings. The summed E-state index contributed by atoms with van der Waals surface area (Å²) in [6, 6.07) is 8.80. The predicted molar refractivity (Wildman–Crippen MR) is 103 cm³/mol. The smallest absolute Gasteiger partial charge is 0.0488 e. The van der Waals surface area contributed by atoms with Crippen molar-refractivity contribution >= 4 is 10.9 Å². The second-order valence-corrected chi connectivity index (χ2v) is 7.26. The lowest BCUT2D eigenvalue weighted by atomic mass is 9.88. The number of rotatable bonds is 5. The van der Waals surface area contributed by atoms with E-state index >= 15 is 0 Å². The third-order valence-corrected chi connectivity index (χ3v) is 6.15. The van der Waals surface area contributed by atoms with Crippen molar-refractivity contribution in [2.45, 2.75) is 25.3 Å². The molecule has 0 saturated heterocycles. The first-order valence-corrected chi connectivity index (χ1v) is 8.84. The van der Waals surface area contributed by atoms with Gasteiger partial charge in [0.25, 0.3) is 0 Å². The Morgan fingerprint density at radius 1 is 1.12 bits per heavy atom. The molecule has 1 nitrogen and oxygen atoms in total. The van der Waals surface area contributed by atoms with E-state index in [2.05, 4.69) is 67.3 Å². The number of allylic oxidation sites excluding steroid dienone is 4. The zero-order chi connectivity index (χ0) is 16.8. The van der Waals surface area contributed by atoms with Crippen LogP contribution in [-0.2, 0) is 13.0 Å². The van der Waals surface area contributed by atoms with Crippen LogP contribution in [0.2, 0.25) is 0 Å². The molecule has 0 radical (unpaired) electrons. The van der Waals surface area contributed by atoms with Crippen molar-refractivity contribution in [3.8, 4) is 0 Å². The molecule has 0 aliphatic heterocycles. The van der Waals surface area contributed by atoms with E-state index in [4.69, 9.17) is 0 Å². The van der Waals surface area contributed by atoms with Crippen LogP contribution in [-0.4, -0.2) is 4.57 Å². The van der Waals surface area contributed by atoms with Crippen LogP contribution in [0.5, 0.6) is 0 Å². The first-order chi connectivity index (χ1) is 11.7. The van der Waals surface area contributed by atoms with E-state index < -0.39 is 0 Å². The van der Waals surface area contributed by atoms with Gasteiger partial charge in [0.1, 0.15) is 0 Å². The van der Waals surface area contributed by atoms with E-state index in [1.807, 2.05) is 6.08 Å². The van der Waals surface area contributed by atoms with Gasteiger partial charge in [-0.2, -0.15) is 0 Å². The van der Waals surface area contributed by atoms with E-state index in [-0.39, 0.29) is 0 Å². The lowest BCUT2D eigenvalue weighted by Gasteiger charge is -2.21. The van der Waals surface area contributed by atoms with E-state index in [1.165, 1.54) is 28.6 Å². The topological polar surface area (TPSA) is 4.93 Å². The van der Waals surface area contributed by atoms with Crippen LogP contribution < -0.4 is 0 Å².